The van der Waals surface area contributed by atoms with Gasteiger partial charge in [0.15, 0.2) is 0 Å². The summed E-state index contributed by atoms with van der Waals surface area (Å²) in [5.74, 6) is -0.514. The van der Waals surface area contributed by atoms with Crippen molar-refractivity contribution in [3.05, 3.63) is 144 Å². The molecule has 22 nitrogen and oxygen atoms in total. The second kappa shape index (κ2) is 31.4. The van der Waals surface area contributed by atoms with Crippen molar-refractivity contribution < 1.29 is 69.8 Å². The number of morpholine rings is 3. The highest BCUT2D eigenvalue weighted by molar-refractivity contribution is 7.89. The number of carbonyl (C=O) groups is 6. The Morgan fingerprint density at radius 1 is 0.450 bits per heavy atom. The summed E-state index contributed by atoms with van der Waals surface area (Å²) in [6.07, 6.45) is 28.3. The molecule has 100 heavy (non-hydrogen) atoms. The van der Waals surface area contributed by atoms with Crippen LogP contribution in [0.25, 0.3) is 66.5 Å². The maximum atomic E-state index is 13.4. The van der Waals surface area contributed by atoms with Crippen molar-refractivity contribution in [1.29, 1.82) is 0 Å². The van der Waals surface area contributed by atoms with Gasteiger partial charge in [-0.3, -0.25) is 24.0 Å². The number of aromatic nitrogens is 3. The molecule has 528 valence electrons. The Morgan fingerprint density at radius 3 is 1.06 bits per heavy atom. The van der Waals surface area contributed by atoms with Crippen molar-refractivity contribution in [2.45, 2.75) is 134 Å². The predicted octanol–water partition coefficient (Wildman–Crippen LogP) is 13.2. The van der Waals surface area contributed by atoms with Crippen molar-refractivity contribution in [2.24, 2.45) is 0 Å². The smallest absolute Gasteiger partial charge is 0.335 e. The van der Waals surface area contributed by atoms with Gasteiger partial charge in [-0.15, -0.1) is 0 Å². The number of carbonyl (C=O) groups excluding carboxylic acids is 5. The summed E-state index contributed by atoms with van der Waals surface area (Å²) in [5, 5.41) is 12.2. The Morgan fingerprint density at radius 2 is 0.760 bits per heavy atom. The summed E-state index contributed by atoms with van der Waals surface area (Å²) in [5.41, 5.74) is 12.6. The van der Waals surface area contributed by atoms with Crippen molar-refractivity contribution in [3.63, 3.8) is 0 Å². The second-order valence-corrected chi connectivity index (χ2v) is 29.1. The third-order valence-corrected chi connectivity index (χ3v) is 21.5. The number of nitrogens with zero attached hydrogens (tertiary/aromatic N) is 6. The van der Waals surface area contributed by atoms with Gasteiger partial charge in [0, 0.05) is 83.2 Å². The Kier molecular flexibility index (Phi) is 21.9. The summed E-state index contributed by atoms with van der Waals surface area (Å²) in [6, 6.07) is 21.9. The lowest BCUT2D eigenvalue weighted by molar-refractivity contribution is -0.136. The van der Waals surface area contributed by atoms with Crippen LogP contribution in [0.3, 0.4) is 0 Å². The molecule has 2 N–H and O–H groups in total. The number of halogens is 1. The van der Waals surface area contributed by atoms with Gasteiger partial charge in [-0.2, -0.15) is 0 Å². The number of aromatic carboxylic acids is 1. The highest BCUT2D eigenvalue weighted by atomic mass is 35.5. The molecule has 9 aromatic rings. The van der Waals surface area contributed by atoms with E-state index in [2.05, 4.69) is 4.57 Å². The Hall–Kier alpha value is -8.74. The molecule has 0 unspecified atom stereocenters. The molecule has 15 rings (SSSR count). The number of furan rings is 3. The highest BCUT2D eigenvalue weighted by Crippen LogP contribution is 2.48. The Balaban J connectivity index is 0.000000135. The average Bonchev–Trinajstić information content (AvgIpc) is 1.60. The van der Waals surface area contributed by atoms with Crippen LogP contribution in [0, 0.1) is 0 Å². The van der Waals surface area contributed by atoms with Gasteiger partial charge in [-0.1, -0.05) is 76.0 Å². The van der Waals surface area contributed by atoms with E-state index in [0.29, 0.717) is 102 Å². The number of amides is 4. The van der Waals surface area contributed by atoms with Gasteiger partial charge < -0.3 is 61.0 Å². The van der Waals surface area contributed by atoms with Crippen LogP contribution < -0.4 is 4.72 Å². The topological polar surface area (TPSA) is 260 Å². The number of benzene rings is 3. The van der Waals surface area contributed by atoms with Gasteiger partial charge in [-0.05, 0) is 139 Å². The standard InChI is InChI=1S/C26H31N3O6S.C25H27ClN2O4.C25H28N2O5/c1-36(32,33)27-26(31)19-7-8-21-22(15-19)29(16-23(30)28-10-13-34-14-11-28)25(20-9-12-35-17-20)24(21)18-5-3-2-4-6-18;26-25(30)18-6-7-20-21(14-18)28(15-22(29)27-9-12-31-13-10-27)24(19-8-11-32-16-19)23(20)17-4-2-1-3-5-17;28-22(26-9-12-31-13-10-26)15-27-21-14-18(25(29)30)6-7-20(21)23(17-4-2-1-3-5-17)24(27)19-8-11-32-16-19/h7-9,12,15,17-18H,2-6,10-11,13-14,16H2,1H3,(H,27,31);6-8,11,14,16-17H,1-5,9-10,12-13,15H2;6-8,11,14,16-17H,1-5,9-10,12-13,15H2,(H,29,30). The molecule has 0 atom stereocenters. The molecule has 6 aromatic heterocycles. The number of ether oxygens (including phenoxy) is 3. The first-order valence-corrected chi connectivity index (χ1v) is 37.4. The first kappa shape index (κ1) is 69.7. The van der Waals surface area contributed by atoms with Crippen LogP contribution in [-0.2, 0) is 58.3 Å². The minimum absolute atomic E-state index is 0.0193. The molecule has 3 saturated carbocycles. The molecular formula is C76H86ClN7O15S. The van der Waals surface area contributed by atoms with Gasteiger partial charge in [0.25, 0.3) is 11.1 Å². The monoisotopic (exact) mass is 1400 g/mol. The highest BCUT2D eigenvalue weighted by Gasteiger charge is 2.34. The zero-order chi connectivity index (χ0) is 69.4. The van der Waals surface area contributed by atoms with Gasteiger partial charge >= 0.3 is 5.97 Å². The van der Waals surface area contributed by atoms with Crippen molar-refractivity contribution in [2.75, 3.05) is 85.2 Å². The fraction of sp³-hybridized carbons (Fsp3) is 0.447. The van der Waals surface area contributed by atoms with Crippen LogP contribution in [0.1, 0.15) is 162 Å². The van der Waals surface area contributed by atoms with E-state index in [1.807, 2.05) is 66.1 Å². The summed E-state index contributed by atoms with van der Waals surface area (Å²) in [7, 11) is -3.72. The molecule has 0 spiro atoms. The molecular weight excluding hydrogens is 1320 g/mol. The Labute approximate surface area is 585 Å². The van der Waals surface area contributed by atoms with Gasteiger partial charge in [-0.25, -0.2) is 17.9 Å². The number of hydrogen-bond acceptors (Lipinski definition) is 14. The van der Waals surface area contributed by atoms with E-state index in [-0.39, 0.29) is 48.5 Å². The fourth-order valence-electron chi connectivity index (χ4n) is 15.9. The van der Waals surface area contributed by atoms with Crippen molar-refractivity contribution >= 4 is 89.2 Å². The molecule has 0 radical (unpaired) electrons. The molecule has 6 fully saturated rings. The molecule has 3 aromatic carbocycles. The van der Waals surface area contributed by atoms with Crippen LogP contribution in [0.2, 0.25) is 0 Å². The molecule has 9 heterocycles. The summed E-state index contributed by atoms with van der Waals surface area (Å²) < 4.78 is 64.0. The lowest BCUT2D eigenvalue weighted by Crippen LogP contribution is -2.42. The summed E-state index contributed by atoms with van der Waals surface area (Å²) in [4.78, 5) is 81.8. The van der Waals surface area contributed by atoms with E-state index in [4.69, 9.17) is 39.1 Å². The minimum atomic E-state index is -3.72. The molecule has 3 aliphatic carbocycles. The Bertz CT molecular complexity index is 4330. The molecule has 0 bridgehead atoms. The van der Waals surface area contributed by atoms with E-state index in [0.717, 1.165) is 130 Å². The molecule has 3 saturated heterocycles. The predicted molar refractivity (Wildman–Crippen MR) is 378 cm³/mol. The molecule has 24 heteroatoms. The largest absolute Gasteiger partial charge is 0.478 e. The van der Waals surface area contributed by atoms with E-state index in [9.17, 15) is 42.3 Å². The minimum Gasteiger partial charge on any atom is -0.478 e. The maximum absolute atomic E-state index is 13.4. The number of carboxylic acid groups (broad SMARTS) is 1. The first-order chi connectivity index (χ1) is 48.6. The van der Waals surface area contributed by atoms with Gasteiger partial charge in [0.1, 0.15) is 19.6 Å². The number of nitrogens with one attached hydrogen (secondary N) is 1. The van der Waals surface area contributed by atoms with E-state index in [1.165, 1.54) is 56.1 Å². The van der Waals surface area contributed by atoms with Crippen LogP contribution in [-0.4, -0.2) is 162 Å². The molecule has 4 amide bonds. The quantitative estimate of drug-likeness (QED) is 0.0852. The van der Waals surface area contributed by atoms with Gasteiger partial charge in [0.05, 0.1) is 123 Å². The van der Waals surface area contributed by atoms with E-state index in [1.54, 1.807) is 72.8 Å². The molecule has 3 aliphatic heterocycles. The lowest BCUT2D eigenvalue weighted by atomic mass is 9.82. The first-order valence-electron chi connectivity index (χ1n) is 35.2. The average molecular weight is 1410 g/mol. The molecule has 6 aliphatic rings. The second-order valence-electron chi connectivity index (χ2n) is 27.0. The van der Waals surface area contributed by atoms with Crippen molar-refractivity contribution in [3.8, 4) is 33.8 Å². The fourth-order valence-corrected chi connectivity index (χ4v) is 16.5. The zero-order valence-electron chi connectivity index (χ0n) is 56.5. The lowest BCUT2D eigenvalue weighted by Gasteiger charge is -2.27. The van der Waals surface area contributed by atoms with E-state index < -0.39 is 27.1 Å². The van der Waals surface area contributed by atoms with Crippen LogP contribution in [0.15, 0.2) is 124 Å². The third-order valence-electron chi connectivity index (χ3n) is 20.7. The van der Waals surface area contributed by atoms with Crippen molar-refractivity contribution in [1.82, 2.24) is 33.1 Å². The van der Waals surface area contributed by atoms with Crippen LogP contribution in [0.4, 0.5) is 0 Å². The van der Waals surface area contributed by atoms with Crippen LogP contribution in [0.5, 0.6) is 0 Å². The number of sulfonamides is 1. The summed E-state index contributed by atoms with van der Waals surface area (Å²) >= 11 is 5.83. The zero-order valence-corrected chi connectivity index (χ0v) is 58.0. The normalized spacial score (nSPS) is 17.6. The number of carboxylic acids is 1. The number of hydrogen-bond donors (Lipinski definition) is 2. The SMILES string of the molecule is CS(=O)(=O)NC(=O)c1ccc2c(C3CCCCC3)c(-c3ccoc3)n(CC(=O)N3CCOCC3)c2c1.O=C(Cl)c1ccc2c(C3CCCCC3)c(-c3ccoc3)n(CC(=O)N3CCOCC3)c2c1.O=C(O)c1ccc2c(C3CCCCC3)c(-c3ccoc3)n(CC(=O)N3CCOCC3)c2c1. The van der Waals surface area contributed by atoms with E-state index >= 15 is 0 Å². The number of fused-ring (bicyclic) bond motifs is 3. The number of rotatable bonds is 16. The summed E-state index contributed by atoms with van der Waals surface area (Å²) in [6.45, 7) is 7.11. The van der Waals surface area contributed by atoms with Gasteiger partial charge in [0.2, 0.25) is 27.7 Å². The maximum Gasteiger partial charge on any atom is 0.335 e. The third kappa shape index (κ3) is 15.4. The van der Waals surface area contributed by atoms with Crippen LogP contribution >= 0.6 is 11.6 Å².